The Kier molecular flexibility index (Phi) is 6.69. The van der Waals surface area contributed by atoms with Crippen molar-refractivity contribution in [2.75, 3.05) is 0 Å². The molecule has 0 atom stereocenters. The molecule has 0 fully saturated rings. The summed E-state index contributed by atoms with van der Waals surface area (Å²) in [6.45, 7) is 1.35. The maximum atomic E-state index is 8.65. The fraction of sp³-hybridized carbons (Fsp3) is 0.100. The third-order valence-corrected chi connectivity index (χ3v) is 3.05. The molecule has 0 amide bonds. The summed E-state index contributed by atoms with van der Waals surface area (Å²) >= 11 is 0. The van der Waals surface area contributed by atoms with Gasteiger partial charge in [0.15, 0.2) is 0 Å². The second-order valence-electron chi connectivity index (χ2n) is 4.98. The molecule has 0 saturated carbocycles. The number of hydrogen-bond acceptors (Lipinski definition) is 3. The van der Waals surface area contributed by atoms with Crippen LogP contribution in [0.1, 0.15) is 11.1 Å². The Morgan fingerprint density at radius 3 is 1.35 bits per heavy atom. The van der Waals surface area contributed by atoms with Crippen LogP contribution in [0, 0.1) is 0 Å². The molecule has 0 spiro atoms. The quantitative estimate of drug-likeness (QED) is 0.746. The van der Waals surface area contributed by atoms with Crippen molar-refractivity contribution in [1.82, 2.24) is 0 Å². The van der Waals surface area contributed by atoms with E-state index in [9.17, 15) is 0 Å². The number of ether oxygens (including phenoxy) is 1. The summed E-state index contributed by atoms with van der Waals surface area (Å²) < 4.78 is 5.61. The van der Waals surface area contributed by atoms with Gasteiger partial charge < -0.3 is 14.9 Å². The normalized spacial score (nSPS) is 9.74. The van der Waals surface area contributed by atoms with E-state index < -0.39 is 0 Å². The zero-order valence-electron chi connectivity index (χ0n) is 12.8. The highest BCUT2D eigenvalue weighted by molar-refractivity contribution is 5.30. The molecule has 3 aromatic carbocycles. The van der Waals surface area contributed by atoms with E-state index in [0.29, 0.717) is 13.2 Å². The van der Waals surface area contributed by atoms with E-state index in [1.165, 1.54) is 29.3 Å². The smallest absolute Gasteiger partial charge is 0.119 e. The lowest BCUT2D eigenvalue weighted by Crippen LogP contribution is -1.93. The summed E-state index contributed by atoms with van der Waals surface area (Å²) in [7, 11) is 0. The van der Waals surface area contributed by atoms with Gasteiger partial charge in [-0.3, -0.25) is 0 Å². The maximum absolute atomic E-state index is 8.65. The number of aromatic hydroxyl groups is 2. The summed E-state index contributed by atoms with van der Waals surface area (Å²) in [6.07, 6.45) is 0. The number of hydrogen-bond donors (Lipinski definition) is 2. The van der Waals surface area contributed by atoms with Gasteiger partial charge >= 0.3 is 0 Å². The average Bonchev–Trinajstić information content (AvgIpc) is 2.57. The second kappa shape index (κ2) is 9.28. The molecule has 0 radical (unpaired) electrons. The summed E-state index contributed by atoms with van der Waals surface area (Å²) in [5.74, 6) is 0.176. The third-order valence-electron chi connectivity index (χ3n) is 3.05. The van der Waals surface area contributed by atoms with Gasteiger partial charge in [-0.05, 0) is 23.3 Å². The van der Waals surface area contributed by atoms with Crippen LogP contribution in [0.15, 0.2) is 84.9 Å². The molecule has 3 heteroatoms. The van der Waals surface area contributed by atoms with Crippen LogP contribution in [0.25, 0.3) is 0 Å². The SMILES string of the molecule is Oc1cccc(O)c1.c1ccc(COCc2ccccc2)cc1. The molecule has 2 N–H and O–H groups in total. The van der Waals surface area contributed by atoms with E-state index in [-0.39, 0.29) is 11.5 Å². The molecule has 0 heterocycles. The molecular formula is C20H20O3. The van der Waals surface area contributed by atoms with Crippen LogP contribution in [0.5, 0.6) is 11.5 Å². The molecular weight excluding hydrogens is 288 g/mol. The van der Waals surface area contributed by atoms with Crippen molar-refractivity contribution in [3.05, 3.63) is 96.1 Å². The van der Waals surface area contributed by atoms with Gasteiger partial charge in [-0.2, -0.15) is 0 Å². The van der Waals surface area contributed by atoms with Crippen LogP contribution in [0.4, 0.5) is 0 Å². The van der Waals surface area contributed by atoms with Crippen LogP contribution in [-0.4, -0.2) is 10.2 Å². The lowest BCUT2D eigenvalue weighted by Gasteiger charge is -2.03. The van der Waals surface area contributed by atoms with E-state index >= 15 is 0 Å². The molecule has 3 nitrogen and oxygen atoms in total. The first kappa shape index (κ1) is 16.6. The van der Waals surface area contributed by atoms with Crippen LogP contribution in [-0.2, 0) is 18.0 Å². The minimum atomic E-state index is 0.0880. The topological polar surface area (TPSA) is 49.7 Å². The van der Waals surface area contributed by atoms with Crippen LogP contribution in [0.2, 0.25) is 0 Å². The van der Waals surface area contributed by atoms with Gasteiger partial charge in [-0.1, -0.05) is 66.7 Å². The van der Waals surface area contributed by atoms with Crippen molar-refractivity contribution < 1.29 is 14.9 Å². The van der Waals surface area contributed by atoms with E-state index in [0.717, 1.165) is 0 Å². The predicted octanol–water partition coefficient (Wildman–Crippen LogP) is 4.50. The van der Waals surface area contributed by atoms with Gasteiger partial charge in [0, 0.05) is 6.07 Å². The Morgan fingerprint density at radius 2 is 1.00 bits per heavy atom. The Labute approximate surface area is 136 Å². The highest BCUT2D eigenvalue weighted by atomic mass is 16.5. The third kappa shape index (κ3) is 6.68. The molecule has 0 aliphatic carbocycles. The van der Waals surface area contributed by atoms with Crippen molar-refractivity contribution >= 4 is 0 Å². The highest BCUT2D eigenvalue weighted by Gasteiger charge is 1.93. The van der Waals surface area contributed by atoms with Crippen molar-refractivity contribution in [2.45, 2.75) is 13.2 Å². The molecule has 0 unspecified atom stereocenters. The summed E-state index contributed by atoms with van der Waals surface area (Å²) in [5.41, 5.74) is 2.43. The van der Waals surface area contributed by atoms with Crippen molar-refractivity contribution in [3.8, 4) is 11.5 Å². The molecule has 3 rings (SSSR count). The first-order valence-electron chi connectivity index (χ1n) is 7.37. The highest BCUT2D eigenvalue weighted by Crippen LogP contribution is 2.14. The van der Waals surface area contributed by atoms with Crippen LogP contribution < -0.4 is 0 Å². The summed E-state index contributed by atoms with van der Waals surface area (Å²) in [6, 6.07) is 26.3. The van der Waals surface area contributed by atoms with Gasteiger partial charge in [-0.25, -0.2) is 0 Å². The Bertz CT molecular complexity index is 625. The fourth-order valence-electron chi connectivity index (χ4n) is 1.93. The first-order chi connectivity index (χ1) is 11.2. The van der Waals surface area contributed by atoms with Crippen molar-refractivity contribution in [2.24, 2.45) is 0 Å². The monoisotopic (exact) mass is 308 g/mol. The minimum Gasteiger partial charge on any atom is -0.508 e. The van der Waals surface area contributed by atoms with E-state index in [1.807, 2.05) is 36.4 Å². The number of benzene rings is 3. The van der Waals surface area contributed by atoms with Gasteiger partial charge in [0.1, 0.15) is 11.5 Å². The number of phenolic OH excluding ortho intramolecular Hbond substituents is 2. The largest absolute Gasteiger partial charge is 0.508 e. The van der Waals surface area contributed by atoms with Crippen molar-refractivity contribution in [1.29, 1.82) is 0 Å². The molecule has 23 heavy (non-hydrogen) atoms. The lowest BCUT2D eigenvalue weighted by atomic mass is 10.2. The fourth-order valence-corrected chi connectivity index (χ4v) is 1.93. The molecule has 118 valence electrons. The van der Waals surface area contributed by atoms with Gasteiger partial charge in [-0.15, -0.1) is 0 Å². The van der Waals surface area contributed by atoms with Gasteiger partial charge in [0.05, 0.1) is 13.2 Å². The minimum absolute atomic E-state index is 0.0880. The average molecular weight is 308 g/mol. The van der Waals surface area contributed by atoms with Gasteiger partial charge in [0.25, 0.3) is 0 Å². The molecule has 0 aromatic heterocycles. The maximum Gasteiger partial charge on any atom is 0.119 e. The van der Waals surface area contributed by atoms with Crippen LogP contribution >= 0.6 is 0 Å². The first-order valence-corrected chi connectivity index (χ1v) is 7.37. The molecule has 0 aliphatic rings. The predicted molar refractivity (Wildman–Crippen MR) is 91.1 cm³/mol. The molecule has 0 saturated heterocycles. The number of phenols is 2. The zero-order valence-corrected chi connectivity index (χ0v) is 12.8. The molecule has 0 aliphatic heterocycles. The Balaban J connectivity index is 0.000000203. The molecule has 0 bridgehead atoms. The van der Waals surface area contributed by atoms with E-state index in [2.05, 4.69) is 24.3 Å². The zero-order chi connectivity index (χ0) is 16.3. The van der Waals surface area contributed by atoms with E-state index in [1.54, 1.807) is 6.07 Å². The number of rotatable bonds is 4. The van der Waals surface area contributed by atoms with Crippen LogP contribution in [0.3, 0.4) is 0 Å². The van der Waals surface area contributed by atoms with Crippen molar-refractivity contribution in [3.63, 3.8) is 0 Å². The molecule has 3 aromatic rings. The second-order valence-corrected chi connectivity index (χ2v) is 4.98. The summed E-state index contributed by atoms with van der Waals surface area (Å²) in [4.78, 5) is 0. The standard InChI is InChI=1S/C14H14O.C6H6O2/c1-3-7-13(8-4-1)11-15-12-14-9-5-2-6-10-14;7-5-2-1-3-6(8)4-5/h1-10H,11-12H2;1-4,7-8H. The lowest BCUT2D eigenvalue weighted by molar-refractivity contribution is 0.107. The Morgan fingerprint density at radius 1 is 0.565 bits per heavy atom. The van der Waals surface area contributed by atoms with E-state index in [4.69, 9.17) is 14.9 Å². The van der Waals surface area contributed by atoms with Gasteiger partial charge in [0.2, 0.25) is 0 Å². The Hall–Kier alpha value is -2.78. The summed E-state index contributed by atoms with van der Waals surface area (Å²) in [5, 5.41) is 17.3.